The molecule has 0 aromatic heterocycles. The van der Waals surface area contributed by atoms with Gasteiger partial charge in [0, 0.05) is 16.7 Å². The molecule has 0 unspecified atom stereocenters. The number of rotatable bonds is 10. The number of hydrogen-bond donors (Lipinski definition) is 0. The van der Waals surface area contributed by atoms with Crippen LogP contribution >= 0.6 is 0 Å². The van der Waals surface area contributed by atoms with Crippen molar-refractivity contribution < 1.29 is 32.9 Å². The number of carbonyl (C=O) groups excluding carboxylic acids is 2. The van der Waals surface area contributed by atoms with Crippen molar-refractivity contribution in [2.45, 2.75) is 13.8 Å². The lowest BCUT2D eigenvalue weighted by atomic mass is 9.88. The van der Waals surface area contributed by atoms with Crippen LogP contribution in [0.2, 0.25) is 0 Å². The van der Waals surface area contributed by atoms with Gasteiger partial charge in [0.05, 0.1) is 18.6 Å². The molecule has 3 aromatic rings. The fraction of sp³-hybridized carbons (Fsp3) is 0.226. The van der Waals surface area contributed by atoms with Crippen LogP contribution in [0.1, 0.15) is 13.8 Å². The van der Waals surface area contributed by atoms with Crippen molar-refractivity contribution in [1.29, 1.82) is 0 Å². The first kappa shape index (κ1) is 26.8. The monoisotopic (exact) mass is 516 g/mol. The zero-order valence-electron chi connectivity index (χ0n) is 21.4. The molecule has 3 aromatic carbocycles. The lowest BCUT2D eigenvalue weighted by Crippen LogP contribution is -2.51. The summed E-state index contributed by atoms with van der Waals surface area (Å²) in [4.78, 5) is 23.4. The van der Waals surface area contributed by atoms with E-state index in [0.717, 1.165) is 11.1 Å². The van der Waals surface area contributed by atoms with Crippen LogP contribution in [0.5, 0.6) is 11.5 Å². The highest BCUT2D eigenvalue weighted by Crippen LogP contribution is 2.32. The first-order valence-corrected chi connectivity index (χ1v) is 12.1. The molecule has 0 bridgehead atoms. The first-order valence-electron chi connectivity index (χ1n) is 12.1. The second kappa shape index (κ2) is 11.4. The summed E-state index contributed by atoms with van der Waals surface area (Å²) in [6, 6.07) is 19.0. The third-order valence-electron chi connectivity index (χ3n) is 6.10. The Bertz CT molecular complexity index is 1350. The number of benzene rings is 3. The fourth-order valence-electron chi connectivity index (χ4n) is 3.75. The topological polar surface area (TPSA) is 71.1 Å². The molecule has 0 spiro atoms. The second-order valence-electron chi connectivity index (χ2n) is 9.55. The average Bonchev–Trinajstić information content (AvgIpc) is 2.88. The molecule has 0 saturated carbocycles. The summed E-state index contributed by atoms with van der Waals surface area (Å²) < 4.78 is 36.8. The highest BCUT2D eigenvalue weighted by molar-refractivity contribution is 5.89. The van der Waals surface area contributed by atoms with Crippen molar-refractivity contribution in [1.82, 2.24) is 0 Å². The van der Waals surface area contributed by atoms with Crippen LogP contribution in [0.25, 0.3) is 22.3 Å². The van der Waals surface area contributed by atoms with Crippen LogP contribution in [-0.2, 0) is 19.1 Å². The standard InChI is InChI=1S/C31H29FO6/c1-20(2)29(33)37-19-31(16-35-17-31)18-36-25-10-5-22(6-11-25)24-9-14-27(28(32)15-24)23-7-12-26(13-8-23)38-30(34)21(3)4/h5-15H,1,3,16-19H2,2,4H3. The molecule has 0 amide bonds. The minimum atomic E-state index is -0.509. The van der Waals surface area contributed by atoms with Gasteiger partial charge in [0.15, 0.2) is 0 Å². The Morgan fingerprint density at radius 3 is 1.95 bits per heavy atom. The maximum Gasteiger partial charge on any atom is 0.338 e. The molecule has 1 aliphatic heterocycles. The Labute approximate surface area is 221 Å². The smallest absolute Gasteiger partial charge is 0.338 e. The van der Waals surface area contributed by atoms with Gasteiger partial charge >= 0.3 is 11.9 Å². The molecule has 1 fully saturated rings. The van der Waals surface area contributed by atoms with E-state index < -0.39 is 11.9 Å². The van der Waals surface area contributed by atoms with Crippen LogP contribution in [0.4, 0.5) is 4.39 Å². The van der Waals surface area contributed by atoms with Gasteiger partial charge < -0.3 is 18.9 Å². The van der Waals surface area contributed by atoms with Crippen molar-refractivity contribution in [2.24, 2.45) is 5.41 Å². The van der Waals surface area contributed by atoms with Crippen molar-refractivity contribution in [3.05, 3.63) is 96.9 Å². The summed E-state index contributed by atoms with van der Waals surface area (Å²) in [5.41, 5.74) is 2.92. The number of hydrogen-bond acceptors (Lipinski definition) is 6. The van der Waals surface area contributed by atoms with Gasteiger partial charge in [0.1, 0.15) is 30.5 Å². The Morgan fingerprint density at radius 2 is 1.39 bits per heavy atom. The Kier molecular flexibility index (Phi) is 8.08. The van der Waals surface area contributed by atoms with Crippen LogP contribution in [0.15, 0.2) is 91.0 Å². The van der Waals surface area contributed by atoms with E-state index in [1.165, 1.54) is 6.07 Å². The Hall–Kier alpha value is -4.23. The molecule has 4 rings (SSSR count). The molecule has 6 nitrogen and oxygen atoms in total. The minimum Gasteiger partial charge on any atom is -0.493 e. The summed E-state index contributed by atoms with van der Waals surface area (Å²) in [5, 5.41) is 0. The SMILES string of the molecule is C=C(C)C(=O)OCC1(COc2ccc(-c3ccc(-c4ccc(OC(=O)C(=C)C)cc4)c(F)c3)cc2)COC1. The molecular weight excluding hydrogens is 487 g/mol. The molecule has 0 aliphatic carbocycles. The van der Waals surface area contributed by atoms with Crippen molar-refractivity contribution in [3.8, 4) is 33.8 Å². The van der Waals surface area contributed by atoms with E-state index in [1.807, 2.05) is 30.3 Å². The quantitative estimate of drug-likeness (QED) is 0.183. The minimum absolute atomic E-state index is 0.199. The average molecular weight is 517 g/mol. The molecule has 196 valence electrons. The van der Waals surface area contributed by atoms with E-state index in [1.54, 1.807) is 44.2 Å². The van der Waals surface area contributed by atoms with Gasteiger partial charge in [-0.1, -0.05) is 49.6 Å². The van der Waals surface area contributed by atoms with Gasteiger partial charge in [-0.2, -0.15) is 0 Å². The number of halogens is 1. The largest absolute Gasteiger partial charge is 0.493 e. The summed E-state index contributed by atoms with van der Waals surface area (Å²) in [6.45, 7) is 11.8. The molecule has 1 aliphatic rings. The predicted molar refractivity (Wildman–Crippen MR) is 142 cm³/mol. The first-order chi connectivity index (χ1) is 18.2. The van der Waals surface area contributed by atoms with Gasteiger partial charge in [0.2, 0.25) is 0 Å². The Morgan fingerprint density at radius 1 is 0.816 bits per heavy atom. The van der Waals surface area contributed by atoms with Gasteiger partial charge in [-0.05, 0) is 60.9 Å². The fourth-order valence-corrected chi connectivity index (χ4v) is 3.75. The van der Waals surface area contributed by atoms with Crippen molar-refractivity contribution in [3.63, 3.8) is 0 Å². The molecule has 38 heavy (non-hydrogen) atoms. The van der Waals surface area contributed by atoms with Gasteiger partial charge in [0.25, 0.3) is 0 Å². The molecule has 0 radical (unpaired) electrons. The molecule has 7 heteroatoms. The zero-order valence-corrected chi connectivity index (χ0v) is 21.4. The summed E-state index contributed by atoms with van der Waals surface area (Å²) >= 11 is 0. The normalized spacial score (nSPS) is 13.7. The van der Waals surface area contributed by atoms with E-state index in [4.69, 9.17) is 18.9 Å². The van der Waals surface area contributed by atoms with E-state index in [2.05, 4.69) is 13.2 Å². The summed E-state index contributed by atoms with van der Waals surface area (Å²) in [5.74, 6) is -0.295. The predicted octanol–water partition coefficient (Wildman–Crippen LogP) is 6.16. The maximum absolute atomic E-state index is 15.0. The van der Waals surface area contributed by atoms with E-state index in [9.17, 15) is 9.59 Å². The van der Waals surface area contributed by atoms with Gasteiger partial charge in [-0.15, -0.1) is 0 Å². The lowest BCUT2D eigenvalue weighted by molar-refractivity contribution is -0.174. The molecule has 0 atom stereocenters. The highest BCUT2D eigenvalue weighted by Gasteiger charge is 2.41. The second-order valence-corrected chi connectivity index (χ2v) is 9.55. The highest BCUT2D eigenvalue weighted by atomic mass is 19.1. The third-order valence-corrected chi connectivity index (χ3v) is 6.10. The third kappa shape index (κ3) is 6.36. The van der Waals surface area contributed by atoms with Gasteiger partial charge in [-0.25, -0.2) is 14.0 Å². The number of carbonyl (C=O) groups is 2. The summed E-state index contributed by atoms with van der Waals surface area (Å²) in [6.07, 6.45) is 0. The zero-order chi connectivity index (χ0) is 27.3. The van der Waals surface area contributed by atoms with Crippen molar-refractivity contribution >= 4 is 11.9 Å². The van der Waals surface area contributed by atoms with Crippen molar-refractivity contribution in [2.75, 3.05) is 26.4 Å². The van der Waals surface area contributed by atoms with Gasteiger partial charge in [-0.3, -0.25) is 0 Å². The van der Waals surface area contributed by atoms with Crippen LogP contribution in [0.3, 0.4) is 0 Å². The van der Waals surface area contributed by atoms with Crippen LogP contribution in [-0.4, -0.2) is 38.4 Å². The molecule has 1 heterocycles. The van der Waals surface area contributed by atoms with Crippen LogP contribution < -0.4 is 9.47 Å². The lowest BCUT2D eigenvalue weighted by Gasteiger charge is -2.40. The molecule has 0 N–H and O–H groups in total. The van der Waals surface area contributed by atoms with E-state index in [-0.39, 0.29) is 17.8 Å². The molecule has 1 saturated heterocycles. The number of ether oxygens (including phenoxy) is 4. The van der Waals surface area contributed by atoms with E-state index in [0.29, 0.717) is 53.6 Å². The molecular formula is C31H29FO6. The number of esters is 2. The summed E-state index contributed by atoms with van der Waals surface area (Å²) in [7, 11) is 0. The van der Waals surface area contributed by atoms with E-state index >= 15 is 4.39 Å². The van der Waals surface area contributed by atoms with Crippen LogP contribution in [0, 0.1) is 11.2 Å². The maximum atomic E-state index is 15.0. The Balaban J connectivity index is 1.38.